The number of aryl methyl sites for hydroxylation is 1. The molecule has 1 aliphatic heterocycles. The number of hydrogen-bond donors (Lipinski definition) is 1. The Balaban J connectivity index is 1.66. The molecule has 1 aliphatic rings. The average molecular weight is 380 g/mol. The van der Waals surface area contributed by atoms with E-state index in [0.717, 1.165) is 49.8 Å². The second-order valence-electron chi connectivity index (χ2n) is 7.55. The highest BCUT2D eigenvalue weighted by Gasteiger charge is 2.24. The Morgan fingerprint density at radius 1 is 1.32 bits per heavy atom. The molecule has 6 nitrogen and oxygen atoms in total. The van der Waals surface area contributed by atoms with Gasteiger partial charge in [-0.15, -0.1) is 0 Å². The molecule has 28 heavy (non-hydrogen) atoms. The van der Waals surface area contributed by atoms with Crippen LogP contribution in [0.3, 0.4) is 0 Å². The maximum Gasteiger partial charge on any atom is 0.246 e. The fourth-order valence-electron chi connectivity index (χ4n) is 3.43. The molecule has 3 rings (SSSR count). The molecular formula is C22H29N5O. The van der Waals surface area contributed by atoms with Gasteiger partial charge >= 0.3 is 0 Å². The fraction of sp³-hybridized carbons (Fsp3) is 0.409. The number of likely N-dealkylation sites (N-methyl/N-ethyl adjacent to an activating group) is 1. The predicted molar refractivity (Wildman–Crippen MR) is 113 cm³/mol. The zero-order valence-electron chi connectivity index (χ0n) is 16.9. The topological polar surface area (TPSA) is 61.4 Å². The molecule has 1 fully saturated rings. The smallest absolute Gasteiger partial charge is 0.246 e. The lowest BCUT2D eigenvalue weighted by atomic mass is 9.91. The lowest BCUT2D eigenvalue weighted by molar-refractivity contribution is -0.127. The molecule has 3 heterocycles. The molecule has 0 bridgehead atoms. The Morgan fingerprint density at radius 2 is 2.18 bits per heavy atom. The van der Waals surface area contributed by atoms with Crippen molar-refractivity contribution in [2.24, 2.45) is 0 Å². The van der Waals surface area contributed by atoms with Crippen molar-refractivity contribution in [3.05, 3.63) is 59.9 Å². The maximum atomic E-state index is 12.5. The molecule has 0 spiro atoms. The first-order valence-corrected chi connectivity index (χ1v) is 9.78. The van der Waals surface area contributed by atoms with Crippen LogP contribution in [0.1, 0.15) is 30.0 Å². The van der Waals surface area contributed by atoms with Crippen molar-refractivity contribution in [1.82, 2.24) is 19.8 Å². The highest BCUT2D eigenvalue weighted by Crippen LogP contribution is 2.28. The van der Waals surface area contributed by atoms with Gasteiger partial charge in [0.2, 0.25) is 5.91 Å². The van der Waals surface area contributed by atoms with Gasteiger partial charge in [-0.25, -0.2) is 9.97 Å². The third-order valence-corrected chi connectivity index (χ3v) is 4.86. The average Bonchev–Trinajstić information content (AvgIpc) is 2.68. The Morgan fingerprint density at radius 3 is 2.96 bits per heavy atom. The van der Waals surface area contributed by atoms with Gasteiger partial charge in [0.25, 0.3) is 0 Å². The minimum atomic E-state index is 0.0999. The van der Waals surface area contributed by atoms with E-state index in [1.807, 2.05) is 61.3 Å². The number of piperidine rings is 1. The van der Waals surface area contributed by atoms with Crippen molar-refractivity contribution in [2.45, 2.75) is 25.7 Å². The van der Waals surface area contributed by atoms with Crippen LogP contribution < -0.4 is 5.32 Å². The van der Waals surface area contributed by atoms with E-state index in [-0.39, 0.29) is 5.91 Å². The van der Waals surface area contributed by atoms with Gasteiger partial charge in [0.1, 0.15) is 11.6 Å². The van der Waals surface area contributed by atoms with Gasteiger partial charge in [-0.1, -0.05) is 12.1 Å². The number of rotatable bonds is 6. The molecule has 1 N–H and O–H groups in total. The van der Waals surface area contributed by atoms with Crippen LogP contribution in [0.15, 0.2) is 48.7 Å². The van der Waals surface area contributed by atoms with Gasteiger partial charge in [-0.05, 0) is 63.7 Å². The third-order valence-electron chi connectivity index (χ3n) is 4.86. The zero-order chi connectivity index (χ0) is 19.9. The first kappa shape index (κ1) is 20.0. The summed E-state index contributed by atoms with van der Waals surface area (Å²) >= 11 is 0. The van der Waals surface area contributed by atoms with Crippen LogP contribution in [0.25, 0.3) is 0 Å². The van der Waals surface area contributed by atoms with E-state index < -0.39 is 0 Å². The molecule has 0 aliphatic carbocycles. The van der Waals surface area contributed by atoms with Gasteiger partial charge in [-0.3, -0.25) is 4.79 Å². The minimum Gasteiger partial charge on any atom is -0.339 e. The minimum absolute atomic E-state index is 0.0999. The summed E-state index contributed by atoms with van der Waals surface area (Å²) in [5, 5.41) is 3.28. The summed E-state index contributed by atoms with van der Waals surface area (Å²) in [5.74, 6) is 2.00. The van der Waals surface area contributed by atoms with E-state index in [4.69, 9.17) is 0 Å². The zero-order valence-corrected chi connectivity index (χ0v) is 16.9. The Labute approximate surface area is 167 Å². The maximum absolute atomic E-state index is 12.5. The molecule has 6 heteroatoms. The largest absolute Gasteiger partial charge is 0.339 e. The number of anilines is 2. The number of carbonyl (C=O) groups excluding carboxylic acids is 1. The third kappa shape index (κ3) is 5.63. The quantitative estimate of drug-likeness (QED) is 0.780. The Kier molecular flexibility index (Phi) is 6.76. The van der Waals surface area contributed by atoms with Crippen molar-refractivity contribution in [3.63, 3.8) is 0 Å². The molecule has 1 saturated heterocycles. The molecule has 0 radical (unpaired) electrons. The van der Waals surface area contributed by atoms with Crippen LogP contribution in [0.5, 0.6) is 0 Å². The SMILES string of the molecule is Cc1cccc(Nc2cc(C3CCCN(C(=O)/C=C/CN(C)C)C3)ccn2)n1. The summed E-state index contributed by atoms with van der Waals surface area (Å²) in [7, 11) is 3.99. The van der Waals surface area contributed by atoms with Gasteiger partial charge in [0.05, 0.1) is 0 Å². The number of nitrogens with zero attached hydrogens (tertiary/aromatic N) is 4. The van der Waals surface area contributed by atoms with E-state index in [2.05, 4.69) is 27.4 Å². The molecule has 1 unspecified atom stereocenters. The highest BCUT2D eigenvalue weighted by atomic mass is 16.2. The number of likely N-dealkylation sites (tertiary alicyclic amines) is 1. The van der Waals surface area contributed by atoms with Crippen molar-refractivity contribution in [1.29, 1.82) is 0 Å². The number of carbonyl (C=O) groups is 1. The summed E-state index contributed by atoms with van der Waals surface area (Å²) in [5.41, 5.74) is 2.17. The van der Waals surface area contributed by atoms with Crippen LogP contribution in [0, 0.1) is 6.92 Å². The molecule has 148 valence electrons. The second kappa shape index (κ2) is 9.46. The highest BCUT2D eigenvalue weighted by molar-refractivity contribution is 5.87. The number of amides is 1. The Hall–Kier alpha value is -2.73. The predicted octanol–water partition coefficient (Wildman–Crippen LogP) is 3.35. The molecule has 1 amide bonds. The molecule has 2 aromatic rings. The van der Waals surface area contributed by atoms with Crippen molar-refractivity contribution in [3.8, 4) is 0 Å². The van der Waals surface area contributed by atoms with E-state index in [0.29, 0.717) is 5.92 Å². The lowest BCUT2D eigenvalue weighted by Crippen LogP contribution is -2.38. The van der Waals surface area contributed by atoms with Crippen LogP contribution >= 0.6 is 0 Å². The summed E-state index contributed by atoms with van der Waals surface area (Å²) in [6.07, 6.45) is 7.55. The van der Waals surface area contributed by atoms with Crippen molar-refractivity contribution < 1.29 is 4.79 Å². The van der Waals surface area contributed by atoms with Crippen LogP contribution in [-0.4, -0.2) is 59.4 Å². The first-order chi connectivity index (χ1) is 13.5. The van der Waals surface area contributed by atoms with Crippen molar-refractivity contribution >= 4 is 17.5 Å². The summed E-state index contributed by atoms with van der Waals surface area (Å²) in [6.45, 7) is 4.31. The molecule has 0 saturated carbocycles. The van der Waals surface area contributed by atoms with Gasteiger partial charge in [-0.2, -0.15) is 0 Å². The summed E-state index contributed by atoms with van der Waals surface area (Å²) in [4.78, 5) is 25.4. The second-order valence-corrected chi connectivity index (χ2v) is 7.55. The summed E-state index contributed by atoms with van der Waals surface area (Å²) < 4.78 is 0. The first-order valence-electron chi connectivity index (χ1n) is 9.78. The number of hydrogen-bond acceptors (Lipinski definition) is 5. The molecule has 2 aromatic heterocycles. The van der Waals surface area contributed by atoms with Crippen LogP contribution in [0.2, 0.25) is 0 Å². The molecule has 1 atom stereocenters. The van der Waals surface area contributed by atoms with E-state index in [1.54, 1.807) is 6.08 Å². The Bertz CT molecular complexity index is 833. The van der Waals surface area contributed by atoms with Crippen molar-refractivity contribution in [2.75, 3.05) is 39.0 Å². The van der Waals surface area contributed by atoms with E-state index >= 15 is 0 Å². The molecular weight excluding hydrogens is 350 g/mol. The lowest BCUT2D eigenvalue weighted by Gasteiger charge is -2.32. The standard InChI is InChI=1S/C22H29N5O/c1-17-7-4-9-20(24-17)25-21-15-18(11-12-23-21)19-8-5-14-27(16-19)22(28)10-6-13-26(2)3/h4,6-7,9-12,15,19H,5,8,13-14,16H2,1-3H3,(H,23,24,25)/b10-6+. The number of nitrogens with one attached hydrogen (secondary N) is 1. The van der Waals surface area contributed by atoms with Gasteiger partial charge in [0.15, 0.2) is 0 Å². The van der Waals surface area contributed by atoms with Gasteiger partial charge in [0, 0.05) is 43.5 Å². The van der Waals surface area contributed by atoms with Crippen LogP contribution in [0.4, 0.5) is 11.6 Å². The normalized spacial score (nSPS) is 17.3. The number of aromatic nitrogens is 2. The van der Waals surface area contributed by atoms with Gasteiger partial charge < -0.3 is 15.1 Å². The fourth-order valence-corrected chi connectivity index (χ4v) is 3.43. The van der Waals surface area contributed by atoms with E-state index in [9.17, 15) is 4.79 Å². The van der Waals surface area contributed by atoms with Crippen LogP contribution in [-0.2, 0) is 4.79 Å². The van der Waals surface area contributed by atoms with E-state index in [1.165, 1.54) is 5.56 Å². The number of pyridine rings is 2. The summed E-state index contributed by atoms with van der Waals surface area (Å²) in [6, 6.07) is 10.0. The molecule has 0 aromatic carbocycles. The monoisotopic (exact) mass is 379 g/mol.